The smallest absolute Gasteiger partial charge is 0.147 e. The Kier molecular flexibility index (Phi) is 4.49. The normalized spacial score (nSPS) is 10.4. The van der Waals surface area contributed by atoms with Crippen molar-refractivity contribution in [2.24, 2.45) is 0 Å². The molecule has 0 bridgehead atoms. The minimum atomic E-state index is -0.331. The van der Waals surface area contributed by atoms with E-state index in [1.807, 2.05) is 0 Å². The molecule has 0 heterocycles. The predicted molar refractivity (Wildman–Crippen MR) is 75.6 cm³/mol. The lowest BCUT2D eigenvalue weighted by Gasteiger charge is -2.11. The first-order chi connectivity index (χ1) is 8.61. The lowest BCUT2D eigenvalue weighted by Crippen LogP contribution is -1.93. The van der Waals surface area contributed by atoms with Crippen LogP contribution in [0.4, 0.5) is 4.39 Å². The van der Waals surface area contributed by atoms with Gasteiger partial charge in [-0.2, -0.15) is 0 Å². The highest BCUT2D eigenvalue weighted by atomic mass is 79.9. The van der Waals surface area contributed by atoms with Crippen LogP contribution >= 0.6 is 39.1 Å². The van der Waals surface area contributed by atoms with Gasteiger partial charge in [0.15, 0.2) is 0 Å². The number of hydrogen-bond donors (Lipinski definition) is 0. The van der Waals surface area contributed by atoms with Gasteiger partial charge in [0.1, 0.15) is 17.3 Å². The number of hydrogen-bond acceptors (Lipinski definition) is 1. The second-order valence-electron chi connectivity index (χ2n) is 3.53. The maximum Gasteiger partial charge on any atom is 0.147 e. The van der Waals surface area contributed by atoms with Crippen LogP contribution in [0.25, 0.3) is 0 Å². The molecule has 0 aliphatic rings. The van der Waals surface area contributed by atoms with E-state index in [4.69, 9.17) is 27.9 Å². The molecule has 1 nitrogen and oxygen atoms in total. The topological polar surface area (TPSA) is 9.23 Å². The van der Waals surface area contributed by atoms with Gasteiger partial charge in [0.05, 0.1) is 5.02 Å². The molecule has 0 fully saturated rings. The third-order valence-corrected chi connectivity index (χ3v) is 3.43. The maximum absolute atomic E-state index is 13.6. The van der Waals surface area contributed by atoms with E-state index in [1.54, 1.807) is 30.3 Å². The molecule has 2 rings (SSSR count). The van der Waals surface area contributed by atoms with Gasteiger partial charge in [-0.25, -0.2) is 4.39 Å². The summed E-state index contributed by atoms with van der Waals surface area (Å²) >= 11 is 15.1. The van der Waals surface area contributed by atoms with Crippen molar-refractivity contribution >= 4 is 39.1 Å². The molecule has 18 heavy (non-hydrogen) atoms. The van der Waals surface area contributed by atoms with Crippen molar-refractivity contribution in [1.82, 2.24) is 0 Å². The number of benzene rings is 2. The Morgan fingerprint density at radius 1 is 1.11 bits per heavy atom. The number of halogens is 4. The highest BCUT2D eigenvalue weighted by Gasteiger charge is 2.11. The Hall–Kier alpha value is -0.770. The van der Waals surface area contributed by atoms with E-state index < -0.39 is 0 Å². The monoisotopic (exact) mass is 348 g/mol. The molecule has 0 saturated carbocycles. The van der Waals surface area contributed by atoms with Crippen LogP contribution in [0, 0.1) is 5.82 Å². The lowest BCUT2D eigenvalue weighted by atomic mass is 10.2. The average Bonchev–Trinajstić information content (AvgIpc) is 2.34. The zero-order valence-corrected chi connectivity index (χ0v) is 12.2. The van der Waals surface area contributed by atoms with Crippen molar-refractivity contribution in [3.63, 3.8) is 0 Å². The molecule has 0 unspecified atom stereocenters. The summed E-state index contributed by atoms with van der Waals surface area (Å²) in [4.78, 5) is 0. The fourth-order valence-corrected chi connectivity index (χ4v) is 2.30. The Balaban J connectivity index is 2.40. The summed E-state index contributed by atoms with van der Waals surface area (Å²) in [6.07, 6.45) is 0. The van der Waals surface area contributed by atoms with Crippen LogP contribution in [-0.4, -0.2) is 0 Å². The molecule has 94 valence electrons. The molecule has 0 saturated heterocycles. The molecular weight excluding hydrogens is 342 g/mol. The number of alkyl halides is 1. The lowest BCUT2D eigenvalue weighted by molar-refractivity contribution is 0.471. The van der Waals surface area contributed by atoms with E-state index in [0.717, 1.165) is 0 Å². The molecule has 2 aromatic rings. The van der Waals surface area contributed by atoms with Gasteiger partial charge >= 0.3 is 0 Å². The predicted octanol–water partition coefficient (Wildman–Crippen LogP) is 5.82. The van der Waals surface area contributed by atoms with E-state index >= 15 is 0 Å². The van der Waals surface area contributed by atoms with Crippen molar-refractivity contribution in [2.45, 2.75) is 5.33 Å². The Morgan fingerprint density at radius 3 is 2.61 bits per heavy atom. The zero-order chi connectivity index (χ0) is 13.1. The first kappa shape index (κ1) is 13.7. The molecule has 2 aromatic carbocycles. The standard InChI is InChI=1S/C13H8BrCl2FO/c14-7-9-11(17)2-1-3-12(9)18-13-6-8(15)4-5-10(13)16/h1-6H,7H2. The molecule has 0 N–H and O–H groups in total. The van der Waals surface area contributed by atoms with E-state index in [9.17, 15) is 4.39 Å². The maximum atomic E-state index is 13.6. The van der Waals surface area contributed by atoms with E-state index in [-0.39, 0.29) is 5.82 Å². The van der Waals surface area contributed by atoms with Crippen LogP contribution < -0.4 is 4.74 Å². The van der Waals surface area contributed by atoms with Crippen LogP contribution in [0.15, 0.2) is 36.4 Å². The van der Waals surface area contributed by atoms with Crippen LogP contribution in [0.5, 0.6) is 11.5 Å². The van der Waals surface area contributed by atoms with Crippen LogP contribution in [0.2, 0.25) is 10.0 Å². The summed E-state index contributed by atoms with van der Waals surface area (Å²) in [5, 5.41) is 1.28. The minimum absolute atomic E-state index is 0.331. The molecule has 0 atom stereocenters. The van der Waals surface area contributed by atoms with Gasteiger partial charge in [-0.15, -0.1) is 0 Å². The van der Waals surface area contributed by atoms with E-state index in [2.05, 4.69) is 15.9 Å². The molecule has 0 aliphatic heterocycles. The van der Waals surface area contributed by atoms with Crippen molar-refractivity contribution in [2.75, 3.05) is 0 Å². The molecule has 5 heteroatoms. The number of rotatable bonds is 3. The first-order valence-corrected chi connectivity index (χ1v) is 6.96. The summed E-state index contributed by atoms with van der Waals surface area (Å²) in [6.45, 7) is 0. The fraction of sp³-hybridized carbons (Fsp3) is 0.0769. The Bertz CT molecular complexity index is 575. The highest BCUT2D eigenvalue weighted by Crippen LogP contribution is 2.34. The average molecular weight is 350 g/mol. The van der Waals surface area contributed by atoms with E-state index in [0.29, 0.717) is 32.4 Å². The van der Waals surface area contributed by atoms with Gasteiger partial charge in [0, 0.05) is 22.0 Å². The summed E-state index contributed by atoms with van der Waals surface area (Å²) in [5.74, 6) is 0.482. The summed E-state index contributed by atoms with van der Waals surface area (Å²) in [6, 6.07) is 9.52. The van der Waals surface area contributed by atoms with Gasteiger partial charge in [-0.1, -0.05) is 45.2 Å². The zero-order valence-electron chi connectivity index (χ0n) is 9.09. The van der Waals surface area contributed by atoms with Gasteiger partial charge in [-0.05, 0) is 24.3 Å². The van der Waals surface area contributed by atoms with Crippen LogP contribution in [-0.2, 0) is 5.33 Å². The Labute approximate surface area is 123 Å². The molecule has 0 spiro atoms. The van der Waals surface area contributed by atoms with Gasteiger partial charge in [-0.3, -0.25) is 0 Å². The van der Waals surface area contributed by atoms with Gasteiger partial charge < -0.3 is 4.74 Å². The minimum Gasteiger partial charge on any atom is -0.455 e. The molecular formula is C13H8BrCl2FO. The molecule has 0 aromatic heterocycles. The summed E-state index contributed by atoms with van der Waals surface area (Å²) in [7, 11) is 0. The van der Waals surface area contributed by atoms with Crippen LogP contribution in [0.1, 0.15) is 5.56 Å². The highest BCUT2D eigenvalue weighted by molar-refractivity contribution is 9.08. The fourth-order valence-electron chi connectivity index (χ4n) is 1.44. The molecule has 0 amide bonds. The molecule has 0 radical (unpaired) electrons. The second kappa shape index (κ2) is 5.91. The van der Waals surface area contributed by atoms with Crippen LogP contribution in [0.3, 0.4) is 0 Å². The van der Waals surface area contributed by atoms with Crippen molar-refractivity contribution in [3.8, 4) is 11.5 Å². The third kappa shape index (κ3) is 2.97. The molecule has 0 aliphatic carbocycles. The van der Waals surface area contributed by atoms with E-state index in [1.165, 1.54) is 6.07 Å². The Morgan fingerprint density at radius 2 is 1.89 bits per heavy atom. The van der Waals surface area contributed by atoms with Crippen molar-refractivity contribution < 1.29 is 9.13 Å². The number of ether oxygens (including phenoxy) is 1. The first-order valence-electron chi connectivity index (χ1n) is 5.08. The van der Waals surface area contributed by atoms with Gasteiger partial charge in [0.25, 0.3) is 0 Å². The SMILES string of the molecule is Fc1cccc(Oc2cc(Cl)ccc2Cl)c1CBr. The van der Waals surface area contributed by atoms with Gasteiger partial charge in [0.2, 0.25) is 0 Å². The summed E-state index contributed by atoms with van der Waals surface area (Å²) in [5.41, 5.74) is 0.438. The largest absolute Gasteiger partial charge is 0.455 e. The van der Waals surface area contributed by atoms with Crippen molar-refractivity contribution in [3.05, 3.63) is 57.8 Å². The summed E-state index contributed by atoms with van der Waals surface area (Å²) < 4.78 is 19.2. The quantitative estimate of drug-likeness (QED) is 0.634. The second-order valence-corrected chi connectivity index (χ2v) is 4.93. The third-order valence-electron chi connectivity index (χ3n) is 2.32. The van der Waals surface area contributed by atoms with Crippen molar-refractivity contribution in [1.29, 1.82) is 0 Å².